The Hall–Kier alpha value is -4.08. The third-order valence-corrected chi connectivity index (χ3v) is 4.87. The number of aromatic nitrogens is 3. The van der Waals surface area contributed by atoms with E-state index < -0.39 is 17.8 Å². The molecule has 0 spiro atoms. The molecule has 170 valence electrons. The molecule has 0 aliphatic heterocycles. The molecule has 7 nitrogen and oxygen atoms in total. The van der Waals surface area contributed by atoms with Crippen LogP contribution in [0.4, 0.5) is 13.2 Å². The smallest absolute Gasteiger partial charge is 0.433 e. The molecule has 0 aliphatic rings. The number of hydrogen-bond donors (Lipinski definition) is 0. The zero-order valence-electron chi connectivity index (χ0n) is 17.6. The van der Waals surface area contributed by atoms with E-state index in [-0.39, 0.29) is 23.5 Å². The molecule has 0 aliphatic carbocycles. The van der Waals surface area contributed by atoms with Crippen molar-refractivity contribution >= 4 is 11.6 Å². The van der Waals surface area contributed by atoms with Crippen molar-refractivity contribution in [1.29, 1.82) is 0 Å². The number of halogens is 3. The molecule has 0 atom stereocenters. The van der Waals surface area contributed by atoms with Crippen LogP contribution in [0.2, 0.25) is 0 Å². The Balaban J connectivity index is 1.79. The molecular weight excluding hydrogens is 439 g/mol. The first-order chi connectivity index (χ1) is 15.8. The van der Waals surface area contributed by atoms with Crippen LogP contribution in [0.1, 0.15) is 21.6 Å². The minimum atomic E-state index is -4.75. The van der Waals surface area contributed by atoms with Crippen molar-refractivity contribution in [2.45, 2.75) is 12.8 Å². The highest BCUT2D eigenvalue weighted by atomic mass is 19.4. The summed E-state index contributed by atoms with van der Waals surface area (Å²) in [5.74, 6) is -0.104. The predicted molar refractivity (Wildman–Crippen MR) is 112 cm³/mol. The van der Waals surface area contributed by atoms with Crippen LogP contribution in [0.3, 0.4) is 0 Å². The number of ether oxygens (including phenoxy) is 3. The van der Waals surface area contributed by atoms with E-state index in [0.717, 1.165) is 17.8 Å². The van der Waals surface area contributed by atoms with E-state index in [4.69, 9.17) is 14.2 Å². The van der Waals surface area contributed by atoms with Gasteiger partial charge in [-0.2, -0.15) is 18.3 Å². The van der Waals surface area contributed by atoms with Crippen molar-refractivity contribution in [3.05, 3.63) is 77.6 Å². The van der Waals surface area contributed by atoms with Crippen molar-refractivity contribution in [3.63, 3.8) is 0 Å². The summed E-state index contributed by atoms with van der Waals surface area (Å²) in [4.78, 5) is 16.9. The molecule has 0 unspecified atom stereocenters. The summed E-state index contributed by atoms with van der Waals surface area (Å²) >= 11 is 0. The average Bonchev–Trinajstić information content (AvgIpc) is 3.25. The van der Waals surface area contributed by atoms with Gasteiger partial charge in [-0.1, -0.05) is 30.3 Å². The molecule has 33 heavy (non-hydrogen) atoms. The van der Waals surface area contributed by atoms with Gasteiger partial charge in [0.2, 0.25) is 0 Å². The van der Waals surface area contributed by atoms with Gasteiger partial charge in [-0.05, 0) is 29.8 Å². The highest BCUT2D eigenvalue weighted by Gasteiger charge is 2.36. The molecular formula is C23H18F3N3O4. The number of methoxy groups -OCH3 is 2. The molecule has 2 heterocycles. The Morgan fingerprint density at radius 2 is 1.73 bits per heavy atom. The van der Waals surface area contributed by atoms with Crippen molar-refractivity contribution in [2.24, 2.45) is 0 Å². The molecule has 0 saturated heterocycles. The lowest BCUT2D eigenvalue weighted by Crippen LogP contribution is -2.14. The van der Waals surface area contributed by atoms with Gasteiger partial charge in [0.1, 0.15) is 12.2 Å². The Bertz CT molecular complexity index is 1300. The third kappa shape index (κ3) is 4.45. The van der Waals surface area contributed by atoms with Gasteiger partial charge < -0.3 is 14.2 Å². The number of benzene rings is 2. The maximum Gasteiger partial charge on any atom is 0.433 e. The zero-order chi connectivity index (χ0) is 23.6. The van der Waals surface area contributed by atoms with Crippen molar-refractivity contribution in [3.8, 4) is 22.8 Å². The van der Waals surface area contributed by atoms with E-state index in [1.807, 2.05) is 6.07 Å². The van der Waals surface area contributed by atoms with E-state index in [2.05, 4.69) is 10.1 Å². The van der Waals surface area contributed by atoms with Gasteiger partial charge in [0.05, 0.1) is 26.1 Å². The maximum absolute atomic E-state index is 13.8. The summed E-state index contributed by atoms with van der Waals surface area (Å²) in [6.45, 7) is -0.0431. The first kappa shape index (κ1) is 22.1. The van der Waals surface area contributed by atoms with Gasteiger partial charge in [-0.25, -0.2) is 14.3 Å². The van der Waals surface area contributed by atoms with E-state index in [0.29, 0.717) is 21.6 Å². The van der Waals surface area contributed by atoms with Crippen molar-refractivity contribution < 1.29 is 32.2 Å². The second-order valence-corrected chi connectivity index (χ2v) is 6.95. The molecule has 0 bridgehead atoms. The maximum atomic E-state index is 13.8. The minimum absolute atomic E-state index is 0.0200. The van der Waals surface area contributed by atoms with Crippen LogP contribution in [0.15, 0.2) is 60.8 Å². The van der Waals surface area contributed by atoms with Crippen LogP contribution in [0.25, 0.3) is 16.9 Å². The van der Waals surface area contributed by atoms with Crippen molar-refractivity contribution in [1.82, 2.24) is 14.6 Å². The number of rotatable bonds is 6. The lowest BCUT2D eigenvalue weighted by atomic mass is 10.1. The van der Waals surface area contributed by atoms with Crippen LogP contribution in [-0.2, 0) is 17.5 Å². The number of esters is 1. The van der Waals surface area contributed by atoms with Gasteiger partial charge in [0, 0.05) is 5.56 Å². The number of carbonyl (C=O) groups is 1. The summed E-state index contributed by atoms with van der Waals surface area (Å²) in [6, 6.07) is 14.4. The quantitative estimate of drug-likeness (QED) is 0.388. The van der Waals surface area contributed by atoms with E-state index in [1.165, 1.54) is 20.3 Å². The third-order valence-electron chi connectivity index (χ3n) is 4.87. The molecule has 0 radical (unpaired) electrons. The lowest BCUT2D eigenvalue weighted by molar-refractivity contribution is -0.142. The highest BCUT2D eigenvalue weighted by Crippen LogP contribution is 2.35. The van der Waals surface area contributed by atoms with E-state index in [1.54, 1.807) is 36.4 Å². The van der Waals surface area contributed by atoms with E-state index >= 15 is 0 Å². The molecule has 10 heteroatoms. The Morgan fingerprint density at radius 3 is 2.39 bits per heavy atom. The lowest BCUT2D eigenvalue weighted by Gasteiger charge is -2.13. The Kier molecular flexibility index (Phi) is 5.91. The average molecular weight is 457 g/mol. The number of carbonyl (C=O) groups excluding carboxylic acids is 1. The molecule has 0 amide bonds. The summed E-state index contributed by atoms with van der Waals surface area (Å²) in [5.41, 5.74) is -0.484. The summed E-state index contributed by atoms with van der Waals surface area (Å²) in [7, 11) is 2.86. The van der Waals surface area contributed by atoms with Gasteiger partial charge in [-0.3, -0.25) is 0 Å². The molecule has 0 fully saturated rings. The first-order valence-corrected chi connectivity index (χ1v) is 9.71. The fourth-order valence-corrected chi connectivity index (χ4v) is 3.25. The standard InChI is InChI=1S/C23H18F3N3O4/c1-31-18-9-8-15(10-19(18)32-2)17-11-20(23(24,25)26)29-21(28-17)16(12-27-29)22(30)33-13-14-6-4-3-5-7-14/h3-12H,13H2,1-2H3. The minimum Gasteiger partial charge on any atom is -0.493 e. The summed E-state index contributed by atoms with van der Waals surface area (Å²) in [5, 5.41) is 3.75. The molecule has 0 saturated carbocycles. The zero-order valence-corrected chi connectivity index (χ0v) is 17.6. The molecule has 4 aromatic rings. The second kappa shape index (κ2) is 8.81. The Labute approximate surface area is 186 Å². The topological polar surface area (TPSA) is 75.0 Å². The van der Waals surface area contributed by atoms with Crippen LogP contribution in [0.5, 0.6) is 11.5 Å². The van der Waals surface area contributed by atoms with Gasteiger partial charge in [0.15, 0.2) is 22.8 Å². The number of alkyl halides is 3. The monoisotopic (exact) mass is 457 g/mol. The summed E-state index contributed by atoms with van der Waals surface area (Å²) in [6.07, 6.45) is -3.73. The van der Waals surface area contributed by atoms with Crippen molar-refractivity contribution in [2.75, 3.05) is 14.2 Å². The molecule has 0 N–H and O–H groups in total. The molecule has 4 rings (SSSR count). The van der Waals surface area contributed by atoms with Crippen LogP contribution < -0.4 is 9.47 Å². The van der Waals surface area contributed by atoms with Gasteiger partial charge in [0.25, 0.3) is 0 Å². The number of hydrogen-bond acceptors (Lipinski definition) is 6. The fraction of sp³-hybridized carbons (Fsp3) is 0.174. The first-order valence-electron chi connectivity index (χ1n) is 9.71. The van der Waals surface area contributed by atoms with Crippen LogP contribution in [0, 0.1) is 0 Å². The molecule has 2 aromatic heterocycles. The fourth-order valence-electron chi connectivity index (χ4n) is 3.25. The number of fused-ring (bicyclic) bond motifs is 1. The van der Waals surface area contributed by atoms with Gasteiger partial charge >= 0.3 is 12.1 Å². The van der Waals surface area contributed by atoms with E-state index in [9.17, 15) is 18.0 Å². The highest BCUT2D eigenvalue weighted by molar-refractivity contribution is 5.96. The van der Waals surface area contributed by atoms with Gasteiger partial charge in [-0.15, -0.1) is 0 Å². The summed E-state index contributed by atoms with van der Waals surface area (Å²) < 4.78 is 57.7. The van der Waals surface area contributed by atoms with Crippen LogP contribution >= 0.6 is 0 Å². The second-order valence-electron chi connectivity index (χ2n) is 6.95. The largest absolute Gasteiger partial charge is 0.493 e. The normalized spacial score (nSPS) is 11.4. The Morgan fingerprint density at radius 1 is 1.00 bits per heavy atom. The molecule has 2 aromatic carbocycles. The SMILES string of the molecule is COc1ccc(-c2cc(C(F)(F)F)n3ncc(C(=O)OCc4ccccc4)c3n2)cc1OC. The number of nitrogens with zero attached hydrogens (tertiary/aromatic N) is 3. The van der Waals surface area contributed by atoms with Crippen LogP contribution in [-0.4, -0.2) is 34.8 Å². The predicted octanol–water partition coefficient (Wildman–Crippen LogP) is 4.79.